The number of hydrogen-bond acceptors (Lipinski definition) is 3. The van der Waals surface area contributed by atoms with E-state index in [1.807, 2.05) is 13.0 Å². The fourth-order valence-corrected chi connectivity index (χ4v) is 3.79. The maximum atomic E-state index is 13.0. The van der Waals surface area contributed by atoms with E-state index < -0.39 is 0 Å². The van der Waals surface area contributed by atoms with Crippen LogP contribution < -0.4 is 10.6 Å². The molecule has 1 fully saturated rings. The highest BCUT2D eigenvalue weighted by Gasteiger charge is 2.19. The summed E-state index contributed by atoms with van der Waals surface area (Å²) in [6.45, 7) is 3.84. The van der Waals surface area contributed by atoms with Gasteiger partial charge in [-0.15, -0.1) is 11.3 Å². The van der Waals surface area contributed by atoms with Gasteiger partial charge in [-0.3, -0.25) is 4.79 Å². The Morgan fingerprint density at radius 2 is 2.14 bits per heavy atom. The zero-order chi connectivity index (χ0) is 15.5. The van der Waals surface area contributed by atoms with Gasteiger partial charge in [-0.25, -0.2) is 4.39 Å². The molecule has 1 atom stereocenters. The lowest BCUT2D eigenvalue weighted by molar-refractivity contribution is 0.0935. The van der Waals surface area contributed by atoms with Gasteiger partial charge in [-0.1, -0.05) is 12.1 Å². The number of thiophene rings is 1. The van der Waals surface area contributed by atoms with E-state index in [9.17, 15) is 9.18 Å². The number of carbonyl (C=O) groups excluding carboxylic acids is 1. The maximum absolute atomic E-state index is 13.0. The molecule has 116 valence electrons. The SMILES string of the molecule is Cc1cc(C(=O)NC2CCCNC2)sc1-c1ccc(F)cc1. The van der Waals surface area contributed by atoms with Crippen molar-refractivity contribution in [2.24, 2.45) is 0 Å². The molecule has 1 amide bonds. The van der Waals surface area contributed by atoms with Crippen molar-refractivity contribution in [2.75, 3.05) is 13.1 Å². The standard InChI is InChI=1S/C17H19FN2OS/c1-11-9-15(17(21)20-14-3-2-8-19-10-14)22-16(11)12-4-6-13(18)7-5-12/h4-7,9,14,19H,2-3,8,10H2,1H3,(H,20,21). The number of benzene rings is 1. The molecule has 22 heavy (non-hydrogen) atoms. The summed E-state index contributed by atoms with van der Waals surface area (Å²) in [4.78, 5) is 14.1. The quantitative estimate of drug-likeness (QED) is 0.911. The Balaban J connectivity index is 1.76. The van der Waals surface area contributed by atoms with Gasteiger partial charge in [0, 0.05) is 17.5 Å². The fourth-order valence-electron chi connectivity index (χ4n) is 2.71. The minimum atomic E-state index is -0.249. The molecular weight excluding hydrogens is 299 g/mol. The molecule has 1 aliphatic heterocycles. The Kier molecular flexibility index (Phi) is 4.55. The van der Waals surface area contributed by atoms with E-state index in [4.69, 9.17) is 0 Å². The second-order valence-electron chi connectivity index (χ2n) is 5.65. The maximum Gasteiger partial charge on any atom is 0.261 e. The number of halogens is 1. The first-order valence-electron chi connectivity index (χ1n) is 7.51. The van der Waals surface area contributed by atoms with E-state index in [0.717, 1.165) is 41.9 Å². The molecule has 3 nitrogen and oxygen atoms in total. The molecule has 1 saturated heterocycles. The van der Waals surface area contributed by atoms with Crippen molar-refractivity contribution in [3.8, 4) is 10.4 Å². The highest BCUT2D eigenvalue weighted by atomic mass is 32.1. The summed E-state index contributed by atoms with van der Waals surface area (Å²) >= 11 is 1.46. The summed E-state index contributed by atoms with van der Waals surface area (Å²) in [5.74, 6) is -0.268. The van der Waals surface area contributed by atoms with E-state index in [2.05, 4.69) is 10.6 Å². The first-order valence-corrected chi connectivity index (χ1v) is 8.33. The Morgan fingerprint density at radius 1 is 1.36 bits per heavy atom. The van der Waals surface area contributed by atoms with E-state index in [1.165, 1.54) is 23.5 Å². The van der Waals surface area contributed by atoms with Crippen LogP contribution in [0.2, 0.25) is 0 Å². The Hall–Kier alpha value is -1.72. The lowest BCUT2D eigenvalue weighted by atomic mass is 10.1. The minimum Gasteiger partial charge on any atom is -0.347 e. The number of piperidine rings is 1. The number of rotatable bonds is 3. The molecule has 1 aromatic carbocycles. The van der Waals surface area contributed by atoms with Gasteiger partial charge < -0.3 is 10.6 Å². The van der Waals surface area contributed by atoms with Crippen LogP contribution in [0.5, 0.6) is 0 Å². The van der Waals surface area contributed by atoms with E-state index >= 15 is 0 Å². The van der Waals surface area contributed by atoms with Crippen molar-refractivity contribution < 1.29 is 9.18 Å². The lowest BCUT2D eigenvalue weighted by Gasteiger charge is -2.23. The van der Waals surface area contributed by atoms with Crippen molar-refractivity contribution in [3.05, 3.63) is 46.6 Å². The number of hydrogen-bond donors (Lipinski definition) is 2. The minimum absolute atomic E-state index is 0.0184. The third-order valence-electron chi connectivity index (χ3n) is 3.88. The molecule has 2 aromatic rings. The highest BCUT2D eigenvalue weighted by molar-refractivity contribution is 7.17. The predicted molar refractivity (Wildman–Crippen MR) is 87.8 cm³/mol. The van der Waals surface area contributed by atoms with Crippen LogP contribution in [0.3, 0.4) is 0 Å². The summed E-state index contributed by atoms with van der Waals surface area (Å²) in [7, 11) is 0. The molecular formula is C17H19FN2OS. The molecule has 2 heterocycles. The molecule has 5 heteroatoms. The molecule has 0 saturated carbocycles. The van der Waals surface area contributed by atoms with Gasteiger partial charge in [0.15, 0.2) is 0 Å². The predicted octanol–water partition coefficient (Wildman–Crippen LogP) is 3.34. The fraction of sp³-hybridized carbons (Fsp3) is 0.353. The average Bonchev–Trinajstić information content (AvgIpc) is 2.91. The van der Waals surface area contributed by atoms with Gasteiger partial charge in [-0.05, 0) is 55.6 Å². The average molecular weight is 318 g/mol. The van der Waals surface area contributed by atoms with Crippen LogP contribution in [0.1, 0.15) is 28.1 Å². The third-order valence-corrected chi connectivity index (χ3v) is 5.17. The molecule has 0 spiro atoms. The lowest BCUT2D eigenvalue weighted by Crippen LogP contribution is -2.45. The van der Waals surface area contributed by atoms with Crippen molar-refractivity contribution >= 4 is 17.2 Å². The Morgan fingerprint density at radius 3 is 2.82 bits per heavy atom. The summed E-state index contributed by atoms with van der Waals surface area (Å²) in [5, 5.41) is 6.38. The number of carbonyl (C=O) groups is 1. The molecule has 1 unspecified atom stereocenters. The van der Waals surface area contributed by atoms with Crippen molar-refractivity contribution in [2.45, 2.75) is 25.8 Å². The van der Waals surface area contributed by atoms with Gasteiger partial charge in [0.05, 0.1) is 4.88 Å². The summed E-state index contributed by atoms with van der Waals surface area (Å²) in [6, 6.07) is 8.51. The Bertz CT molecular complexity index is 660. The normalized spacial score (nSPS) is 18.2. The van der Waals surface area contributed by atoms with Crippen LogP contribution in [0.25, 0.3) is 10.4 Å². The zero-order valence-electron chi connectivity index (χ0n) is 12.5. The van der Waals surface area contributed by atoms with Crippen LogP contribution in [0.15, 0.2) is 30.3 Å². The smallest absolute Gasteiger partial charge is 0.261 e. The summed E-state index contributed by atoms with van der Waals surface area (Å²) < 4.78 is 13.0. The second kappa shape index (κ2) is 6.58. The van der Waals surface area contributed by atoms with Crippen molar-refractivity contribution in [1.29, 1.82) is 0 Å². The summed E-state index contributed by atoms with van der Waals surface area (Å²) in [5.41, 5.74) is 1.99. The van der Waals surface area contributed by atoms with Crippen LogP contribution in [-0.2, 0) is 0 Å². The van der Waals surface area contributed by atoms with Gasteiger partial charge >= 0.3 is 0 Å². The van der Waals surface area contributed by atoms with Crippen LogP contribution in [0, 0.1) is 12.7 Å². The molecule has 0 bridgehead atoms. The topological polar surface area (TPSA) is 41.1 Å². The number of amides is 1. The molecule has 3 rings (SSSR count). The van der Waals surface area contributed by atoms with Crippen LogP contribution in [0.4, 0.5) is 4.39 Å². The molecule has 1 aliphatic rings. The largest absolute Gasteiger partial charge is 0.347 e. The molecule has 1 aromatic heterocycles. The van der Waals surface area contributed by atoms with E-state index in [0.29, 0.717) is 4.88 Å². The van der Waals surface area contributed by atoms with Gasteiger partial charge in [0.2, 0.25) is 0 Å². The van der Waals surface area contributed by atoms with Gasteiger partial charge in [-0.2, -0.15) is 0 Å². The summed E-state index contributed by atoms with van der Waals surface area (Å²) in [6.07, 6.45) is 2.11. The molecule has 0 radical (unpaired) electrons. The monoisotopic (exact) mass is 318 g/mol. The van der Waals surface area contributed by atoms with E-state index in [-0.39, 0.29) is 17.8 Å². The van der Waals surface area contributed by atoms with Crippen LogP contribution in [-0.4, -0.2) is 25.0 Å². The Labute approximate surface area is 133 Å². The van der Waals surface area contributed by atoms with Gasteiger partial charge in [0.1, 0.15) is 5.82 Å². The van der Waals surface area contributed by atoms with E-state index in [1.54, 1.807) is 12.1 Å². The van der Waals surface area contributed by atoms with Crippen LogP contribution >= 0.6 is 11.3 Å². The first kappa shape index (κ1) is 15.2. The number of aryl methyl sites for hydroxylation is 1. The highest BCUT2D eigenvalue weighted by Crippen LogP contribution is 2.32. The molecule has 0 aliphatic carbocycles. The number of nitrogens with one attached hydrogen (secondary N) is 2. The zero-order valence-corrected chi connectivity index (χ0v) is 13.3. The van der Waals surface area contributed by atoms with Gasteiger partial charge in [0.25, 0.3) is 5.91 Å². The second-order valence-corrected chi connectivity index (χ2v) is 6.70. The van der Waals surface area contributed by atoms with Crippen molar-refractivity contribution in [3.63, 3.8) is 0 Å². The molecule has 2 N–H and O–H groups in total. The first-order chi connectivity index (χ1) is 10.6. The third kappa shape index (κ3) is 3.36. The van der Waals surface area contributed by atoms with Crippen molar-refractivity contribution in [1.82, 2.24) is 10.6 Å².